The van der Waals surface area contributed by atoms with Gasteiger partial charge in [-0.25, -0.2) is 4.98 Å². The quantitative estimate of drug-likeness (QED) is 0.533. The molecule has 11 heteroatoms. The highest BCUT2D eigenvalue weighted by Gasteiger charge is 2.30. The van der Waals surface area contributed by atoms with Gasteiger partial charge in [0.05, 0.1) is 21.7 Å². The fourth-order valence-corrected chi connectivity index (χ4v) is 3.94. The number of nitrogens with one attached hydrogen (secondary N) is 3. The van der Waals surface area contributed by atoms with Gasteiger partial charge in [-0.1, -0.05) is 11.6 Å². The SMILES string of the molecule is CC(=N)c1c(NC2CCN(C(C)=O)CC2)ncc(C(=O)Nc2ccc(C(F)(F)F)cc2)c1Cl. The third kappa shape index (κ3) is 5.81. The van der Waals surface area contributed by atoms with Crippen molar-refractivity contribution < 1.29 is 22.8 Å². The number of carbonyl (C=O) groups is 2. The molecule has 0 aliphatic carbocycles. The molecule has 1 aromatic heterocycles. The topological polar surface area (TPSA) is 98.2 Å². The fourth-order valence-electron chi connectivity index (χ4n) is 3.57. The van der Waals surface area contributed by atoms with Crippen LogP contribution in [0.25, 0.3) is 0 Å². The van der Waals surface area contributed by atoms with Gasteiger partial charge >= 0.3 is 6.18 Å². The van der Waals surface area contributed by atoms with Crippen molar-refractivity contribution in [2.75, 3.05) is 23.7 Å². The van der Waals surface area contributed by atoms with Crippen molar-refractivity contribution >= 4 is 40.6 Å². The monoisotopic (exact) mass is 481 g/mol. The lowest BCUT2D eigenvalue weighted by Crippen LogP contribution is -2.41. The van der Waals surface area contributed by atoms with E-state index in [0.717, 1.165) is 24.3 Å². The van der Waals surface area contributed by atoms with Crippen LogP contribution in [0.3, 0.4) is 0 Å². The van der Waals surface area contributed by atoms with Crippen LogP contribution in [0.1, 0.15) is 48.2 Å². The highest BCUT2D eigenvalue weighted by molar-refractivity contribution is 6.38. The minimum atomic E-state index is -4.47. The summed E-state index contributed by atoms with van der Waals surface area (Å²) in [6, 6.07) is 4.05. The molecule has 3 N–H and O–H groups in total. The molecule has 2 aromatic rings. The van der Waals surface area contributed by atoms with Crippen molar-refractivity contribution in [2.24, 2.45) is 0 Å². The number of rotatable bonds is 5. The molecule has 3 rings (SSSR count). The van der Waals surface area contributed by atoms with Gasteiger partial charge in [-0.05, 0) is 44.0 Å². The van der Waals surface area contributed by atoms with E-state index in [-0.39, 0.29) is 39.5 Å². The van der Waals surface area contributed by atoms with E-state index in [1.54, 1.807) is 4.90 Å². The van der Waals surface area contributed by atoms with Crippen LogP contribution in [0.2, 0.25) is 5.02 Å². The first-order chi connectivity index (χ1) is 15.5. The van der Waals surface area contributed by atoms with Crippen molar-refractivity contribution in [1.82, 2.24) is 9.88 Å². The van der Waals surface area contributed by atoms with Gasteiger partial charge in [-0.15, -0.1) is 0 Å². The van der Waals surface area contributed by atoms with Gasteiger partial charge in [0.15, 0.2) is 0 Å². The molecular weight excluding hydrogens is 459 g/mol. The number of piperidine rings is 1. The van der Waals surface area contributed by atoms with E-state index in [2.05, 4.69) is 15.6 Å². The van der Waals surface area contributed by atoms with E-state index >= 15 is 0 Å². The first-order valence-corrected chi connectivity index (χ1v) is 10.6. The number of likely N-dealkylation sites (tertiary alicyclic amines) is 1. The van der Waals surface area contributed by atoms with Gasteiger partial charge in [0, 0.05) is 43.7 Å². The van der Waals surface area contributed by atoms with E-state index in [4.69, 9.17) is 17.0 Å². The molecule has 33 heavy (non-hydrogen) atoms. The number of nitrogens with zero attached hydrogens (tertiary/aromatic N) is 2. The molecule has 0 unspecified atom stereocenters. The number of anilines is 2. The normalized spacial score (nSPS) is 14.7. The van der Waals surface area contributed by atoms with Crippen molar-refractivity contribution in [3.63, 3.8) is 0 Å². The molecule has 0 bridgehead atoms. The molecule has 0 saturated carbocycles. The van der Waals surface area contributed by atoms with Crippen LogP contribution in [-0.4, -0.2) is 46.5 Å². The Bertz CT molecular complexity index is 1060. The smallest absolute Gasteiger partial charge is 0.367 e. The van der Waals surface area contributed by atoms with Gasteiger partial charge in [0.2, 0.25) is 5.91 Å². The van der Waals surface area contributed by atoms with E-state index in [9.17, 15) is 22.8 Å². The maximum atomic E-state index is 12.7. The summed E-state index contributed by atoms with van der Waals surface area (Å²) in [7, 11) is 0. The van der Waals surface area contributed by atoms with Crippen molar-refractivity contribution in [2.45, 2.75) is 38.9 Å². The standard InChI is InChI=1S/C22H23ClF3N5O2/c1-12(27)18-19(23)17(21(33)30-15-5-3-14(4-6-15)22(24,25)26)11-28-20(18)29-16-7-9-31(10-8-16)13(2)32/h3-6,11,16,27H,7-10H2,1-2H3,(H,28,29)(H,30,33). The fraction of sp³-hybridized carbons (Fsp3) is 0.364. The molecule has 1 aromatic carbocycles. The zero-order valence-corrected chi connectivity index (χ0v) is 18.8. The highest BCUT2D eigenvalue weighted by Crippen LogP contribution is 2.31. The molecule has 7 nitrogen and oxygen atoms in total. The third-order valence-electron chi connectivity index (χ3n) is 5.39. The molecule has 0 atom stereocenters. The summed E-state index contributed by atoms with van der Waals surface area (Å²) in [5.41, 5.74) is -0.302. The molecule has 176 valence electrons. The number of amides is 2. The van der Waals surface area contributed by atoms with Crippen LogP contribution >= 0.6 is 11.6 Å². The second-order valence-electron chi connectivity index (χ2n) is 7.79. The van der Waals surface area contributed by atoms with E-state index in [1.165, 1.54) is 20.0 Å². The van der Waals surface area contributed by atoms with Crippen LogP contribution in [0.15, 0.2) is 30.5 Å². The van der Waals surface area contributed by atoms with Crippen LogP contribution < -0.4 is 10.6 Å². The number of pyridine rings is 1. The number of hydrogen-bond acceptors (Lipinski definition) is 5. The average Bonchev–Trinajstić information content (AvgIpc) is 2.73. The lowest BCUT2D eigenvalue weighted by Gasteiger charge is -2.32. The highest BCUT2D eigenvalue weighted by atomic mass is 35.5. The Morgan fingerprint density at radius 3 is 2.27 bits per heavy atom. The maximum Gasteiger partial charge on any atom is 0.416 e. The van der Waals surface area contributed by atoms with Gasteiger partial charge in [-0.3, -0.25) is 9.59 Å². The minimum Gasteiger partial charge on any atom is -0.367 e. The Hall–Kier alpha value is -3.14. The van der Waals surface area contributed by atoms with Crippen molar-refractivity contribution in [1.29, 1.82) is 5.41 Å². The molecule has 2 heterocycles. The predicted octanol–water partition coefficient (Wildman–Crippen LogP) is 4.82. The summed E-state index contributed by atoms with van der Waals surface area (Å²) < 4.78 is 38.2. The molecule has 1 aliphatic heterocycles. The number of carbonyl (C=O) groups excluding carboxylic acids is 2. The summed E-state index contributed by atoms with van der Waals surface area (Å²) in [4.78, 5) is 30.3. The van der Waals surface area contributed by atoms with E-state index in [0.29, 0.717) is 31.7 Å². The first-order valence-electron chi connectivity index (χ1n) is 10.2. The Morgan fingerprint density at radius 2 is 1.76 bits per heavy atom. The summed E-state index contributed by atoms with van der Waals surface area (Å²) in [5, 5.41) is 13.9. The van der Waals surface area contributed by atoms with Crippen LogP contribution in [0, 0.1) is 5.41 Å². The summed E-state index contributed by atoms with van der Waals surface area (Å²) in [5.74, 6) is -0.273. The molecular formula is C22H23ClF3N5O2. The number of halogens is 4. The minimum absolute atomic E-state index is 0.00452. The zero-order chi connectivity index (χ0) is 24.3. The second-order valence-corrected chi connectivity index (χ2v) is 8.17. The van der Waals surface area contributed by atoms with Crippen LogP contribution in [0.4, 0.5) is 24.7 Å². The Balaban J connectivity index is 1.77. The number of benzene rings is 1. The van der Waals surface area contributed by atoms with E-state index in [1.807, 2.05) is 0 Å². The van der Waals surface area contributed by atoms with Crippen LogP contribution in [0.5, 0.6) is 0 Å². The van der Waals surface area contributed by atoms with Gasteiger partial charge in [0.25, 0.3) is 5.91 Å². The molecule has 1 aliphatic rings. The zero-order valence-electron chi connectivity index (χ0n) is 18.0. The molecule has 2 amide bonds. The van der Waals surface area contributed by atoms with Gasteiger partial charge in [0.1, 0.15) is 5.82 Å². The summed E-state index contributed by atoms with van der Waals surface area (Å²) >= 11 is 6.45. The molecule has 0 spiro atoms. The van der Waals surface area contributed by atoms with Crippen molar-refractivity contribution in [3.05, 3.63) is 52.2 Å². The second kappa shape index (κ2) is 9.78. The molecule has 1 saturated heterocycles. The largest absolute Gasteiger partial charge is 0.416 e. The third-order valence-corrected chi connectivity index (χ3v) is 5.78. The molecule has 0 radical (unpaired) electrons. The Morgan fingerprint density at radius 1 is 1.15 bits per heavy atom. The number of aromatic nitrogens is 1. The number of hydrogen-bond donors (Lipinski definition) is 3. The van der Waals surface area contributed by atoms with Gasteiger partial charge in [-0.2, -0.15) is 13.2 Å². The predicted molar refractivity (Wildman–Crippen MR) is 120 cm³/mol. The Labute approximate surface area is 193 Å². The lowest BCUT2D eigenvalue weighted by molar-refractivity contribution is -0.137. The lowest BCUT2D eigenvalue weighted by atomic mass is 10.0. The Kier molecular flexibility index (Phi) is 7.26. The summed E-state index contributed by atoms with van der Waals surface area (Å²) in [6.45, 7) is 4.25. The van der Waals surface area contributed by atoms with Crippen molar-refractivity contribution in [3.8, 4) is 0 Å². The van der Waals surface area contributed by atoms with Gasteiger partial charge < -0.3 is 20.9 Å². The van der Waals surface area contributed by atoms with Crippen LogP contribution in [-0.2, 0) is 11.0 Å². The first kappa shape index (κ1) is 24.5. The maximum absolute atomic E-state index is 12.7. The molecule has 1 fully saturated rings. The summed E-state index contributed by atoms with van der Waals surface area (Å²) in [6.07, 6.45) is -1.81. The number of alkyl halides is 3. The van der Waals surface area contributed by atoms with E-state index < -0.39 is 17.6 Å². The average molecular weight is 482 g/mol.